The quantitative estimate of drug-likeness (QED) is 0.897. The Balaban J connectivity index is 2.43. The Morgan fingerprint density at radius 1 is 1.44 bits per heavy atom. The molecule has 0 aromatic heterocycles. The standard InChI is InChI=1S/C11H13ClFNO3S/c12-9-2-1-3-10(11(9)13)18(16,17)14(6-7-15)8-4-5-8/h1-3,8,15H,4-7H2. The first-order valence-corrected chi connectivity index (χ1v) is 7.37. The summed E-state index contributed by atoms with van der Waals surface area (Å²) in [7, 11) is -3.94. The molecule has 18 heavy (non-hydrogen) atoms. The van der Waals surface area contributed by atoms with Gasteiger partial charge in [0, 0.05) is 12.6 Å². The third-order valence-electron chi connectivity index (χ3n) is 2.78. The van der Waals surface area contributed by atoms with Crippen molar-refractivity contribution in [1.82, 2.24) is 4.31 Å². The van der Waals surface area contributed by atoms with Crippen molar-refractivity contribution in [3.05, 3.63) is 29.0 Å². The second-order valence-electron chi connectivity index (χ2n) is 4.12. The van der Waals surface area contributed by atoms with Gasteiger partial charge in [-0.05, 0) is 25.0 Å². The Bertz CT molecular complexity index is 545. The minimum absolute atomic E-state index is 0.0288. The number of hydrogen-bond acceptors (Lipinski definition) is 3. The molecule has 1 aromatic rings. The van der Waals surface area contributed by atoms with Crippen LogP contribution in [0.3, 0.4) is 0 Å². The number of benzene rings is 1. The lowest BCUT2D eigenvalue weighted by atomic mass is 10.3. The molecule has 0 bridgehead atoms. The van der Waals surface area contributed by atoms with E-state index in [4.69, 9.17) is 16.7 Å². The minimum atomic E-state index is -3.94. The van der Waals surface area contributed by atoms with Crippen LogP contribution in [-0.4, -0.2) is 37.0 Å². The van der Waals surface area contributed by atoms with Crippen LogP contribution in [0.1, 0.15) is 12.8 Å². The molecule has 1 fully saturated rings. The average molecular weight is 294 g/mol. The predicted octanol–water partition coefficient (Wildman–Crippen LogP) is 1.62. The SMILES string of the molecule is O=S(=O)(c1cccc(Cl)c1F)N(CCO)C1CC1. The number of halogens is 2. The summed E-state index contributed by atoms with van der Waals surface area (Å²) in [6.07, 6.45) is 1.48. The molecule has 0 heterocycles. The molecule has 2 rings (SSSR count). The Labute approximate surface area is 110 Å². The van der Waals surface area contributed by atoms with Gasteiger partial charge in [-0.15, -0.1) is 0 Å². The highest BCUT2D eigenvalue weighted by Crippen LogP contribution is 2.33. The number of sulfonamides is 1. The van der Waals surface area contributed by atoms with E-state index < -0.39 is 20.7 Å². The summed E-state index contributed by atoms with van der Waals surface area (Å²) in [6.45, 7) is -0.323. The van der Waals surface area contributed by atoms with E-state index in [1.54, 1.807) is 0 Å². The number of hydrogen-bond donors (Lipinski definition) is 1. The summed E-state index contributed by atoms with van der Waals surface area (Å²) in [5.74, 6) is -0.942. The topological polar surface area (TPSA) is 57.6 Å². The molecule has 0 atom stereocenters. The van der Waals surface area contributed by atoms with Crippen LogP contribution >= 0.6 is 11.6 Å². The summed E-state index contributed by atoms with van der Waals surface area (Å²) in [5, 5.41) is 8.70. The van der Waals surface area contributed by atoms with E-state index in [0.717, 1.165) is 17.1 Å². The largest absolute Gasteiger partial charge is 0.395 e. The van der Waals surface area contributed by atoms with E-state index in [1.807, 2.05) is 0 Å². The summed E-state index contributed by atoms with van der Waals surface area (Å²) in [6, 6.07) is 3.73. The molecule has 0 unspecified atom stereocenters. The highest BCUT2D eigenvalue weighted by Gasteiger charge is 2.39. The van der Waals surface area contributed by atoms with Crippen LogP contribution in [0.4, 0.5) is 4.39 Å². The number of rotatable bonds is 5. The Morgan fingerprint density at radius 2 is 2.11 bits per heavy atom. The van der Waals surface area contributed by atoms with Crippen molar-refractivity contribution < 1.29 is 17.9 Å². The second kappa shape index (κ2) is 5.13. The van der Waals surface area contributed by atoms with Crippen molar-refractivity contribution in [3.63, 3.8) is 0 Å². The van der Waals surface area contributed by atoms with Crippen LogP contribution in [0.5, 0.6) is 0 Å². The molecule has 0 spiro atoms. The van der Waals surface area contributed by atoms with E-state index in [2.05, 4.69) is 0 Å². The summed E-state index contributed by atoms with van der Waals surface area (Å²) in [5.41, 5.74) is 0. The first-order valence-electron chi connectivity index (χ1n) is 5.55. The Hall–Kier alpha value is -0.690. The molecule has 100 valence electrons. The molecular weight excluding hydrogens is 281 g/mol. The van der Waals surface area contributed by atoms with Crippen LogP contribution in [0.15, 0.2) is 23.1 Å². The second-order valence-corrected chi connectivity index (χ2v) is 6.39. The van der Waals surface area contributed by atoms with Gasteiger partial charge in [0.2, 0.25) is 10.0 Å². The van der Waals surface area contributed by atoms with Gasteiger partial charge in [-0.1, -0.05) is 17.7 Å². The average Bonchev–Trinajstić information content (AvgIpc) is 3.13. The van der Waals surface area contributed by atoms with Gasteiger partial charge in [0.25, 0.3) is 0 Å². The van der Waals surface area contributed by atoms with Crippen molar-refractivity contribution in [2.45, 2.75) is 23.8 Å². The zero-order valence-corrected chi connectivity index (χ0v) is 11.1. The zero-order valence-electron chi connectivity index (χ0n) is 9.51. The summed E-state index contributed by atoms with van der Waals surface area (Å²) < 4.78 is 39.5. The number of aliphatic hydroxyl groups excluding tert-OH is 1. The number of aliphatic hydroxyl groups is 1. The molecule has 1 N–H and O–H groups in total. The van der Waals surface area contributed by atoms with Gasteiger partial charge < -0.3 is 5.11 Å². The zero-order chi connectivity index (χ0) is 13.3. The van der Waals surface area contributed by atoms with Crippen LogP contribution < -0.4 is 0 Å². The lowest BCUT2D eigenvalue weighted by Crippen LogP contribution is -2.36. The molecular formula is C11H13ClFNO3S. The highest BCUT2D eigenvalue weighted by atomic mass is 35.5. The van der Waals surface area contributed by atoms with Crippen LogP contribution in [0.25, 0.3) is 0 Å². The van der Waals surface area contributed by atoms with Crippen molar-refractivity contribution in [3.8, 4) is 0 Å². The van der Waals surface area contributed by atoms with E-state index >= 15 is 0 Å². The van der Waals surface area contributed by atoms with E-state index in [0.29, 0.717) is 0 Å². The van der Waals surface area contributed by atoms with Crippen molar-refractivity contribution in [2.75, 3.05) is 13.2 Å². The van der Waals surface area contributed by atoms with E-state index in [9.17, 15) is 12.8 Å². The smallest absolute Gasteiger partial charge is 0.246 e. The fraction of sp³-hybridized carbons (Fsp3) is 0.455. The van der Waals surface area contributed by atoms with Gasteiger partial charge in [0.05, 0.1) is 11.6 Å². The normalized spacial score (nSPS) is 16.2. The summed E-state index contributed by atoms with van der Waals surface area (Å²) >= 11 is 5.59. The molecule has 0 amide bonds. The van der Waals surface area contributed by atoms with Crippen molar-refractivity contribution in [2.24, 2.45) is 0 Å². The molecule has 1 aliphatic rings. The Kier molecular flexibility index (Phi) is 3.91. The Morgan fingerprint density at radius 3 is 2.67 bits per heavy atom. The van der Waals surface area contributed by atoms with Gasteiger partial charge in [0.1, 0.15) is 4.90 Å². The van der Waals surface area contributed by atoms with Gasteiger partial charge >= 0.3 is 0 Å². The van der Waals surface area contributed by atoms with Gasteiger partial charge in [0.15, 0.2) is 5.82 Å². The van der Waals surface area contributed by atoms with E-state index in [-0.39, 0.29) is 24.2 Å². The predicted molar refractivity (Wildman–Crippen MR) is 65.4 cm³/mol. The van der Waals surface area contributed by atoms with Crippen LogP contribution in [0, 0.1) is 5.82 Å². The highest BCUT2D eigenvalue weighted by molar-refractivity contribution is 7.89. The third-order valence-corrected chi connectivity index (χ3v) is 5.04. The number of nitrogens with zero attached hydrogens (tertiary/aromatic N) is 1. The first kappa shape index (κ1) is 13.7. The maximum Gasteiger partial charge on any atom is 0.246 e. The third kappa shape index (κ3) is 2.51. The molecule has 4 nitrogen and oxygen atoms in total. The molecule has 0 saturated heterocycles. The van der Waals surface area contributed by atoms with Crippen LogP contribution in [0.2, 0.25) is 5.02 Å². The van der Waals surface area contributed by atoms with Gasteiger partial charge in [-0.2, -0.15) is 4.31 Å². The summed E-state index contributed by atoms with van der Waals surface area (Å²) in [4.78, 5) is -0.435. The maximum atomic E-state index is 13.8. The fourth-order valence-corrected chi connectivity index (χ4v) is 3.77. The van der Waals surface area contributed by atoms with Gasteiger partial charge in [-0.25, -0.2) is 12.8 Å². The monoisotopic (exact) mass is 293 g/mol. The fourth-order valence-electron chi connectivity index (χ4n) is 1.77. The van der Waals surface area contributed by atoms with Crippen molar-refractivity contribution in [1.29, 1.82) is 0 Å². The molecule has 1 saturated carbocycles. The maximum absolute atomic E-state index is 13.8. The molecule has 0 aliphatic heterocycles. The molecule has 7 heteroatoms. The van der Waals surface area contributed by atoms with E-state index in [1.165, 1.54) is 18.2 Å². The molecule has 1 aliphatic carbocycles. The van der Waals surface area contributed by atoms with Crippen LogP contribution in [-0.2, 0) is 10.0 Å². The lowest BCUT2D eigenvalue weighted by Gasteiger charge is -2.21. The van der Waals surface area contributed by atoms with Gasteiger partial charge in [-0.3, -0.25) is 0 Å². The first-order chi connectivity index (χ1) is 8.48. The van der Waals surface area contributed by atoms with Crippen molar-refractivity contribution >= 4 is 21.6 Å². The minimum Gasteiger partial charge on any atom is -0.395 e. The molecule has 0 radical (unpaired) electrons. The molecule has 1 aromatic carbocycles. The lowest BCUT2D eigenvalue weighted by molar-refractivity contribution is 0.250.